The van der Waals surface area contributed by atoms with Crippen LogP contribution in [-0.4, -0.2) is 16.7 Å². The molecule has 6 heteroatoms. The highest BCUT2D eigenvalue weighted by molar-refractivity contribution is 7.98. The summed E-state index contributed by atoms with van der Waals surface area (Å²) in [4.78, 5) is 5.33. The van der Waals surface area contributed by atoms with Crippen LogP contribution in [0.1, 0.15) is 43.4 Å². The summed E-state index contributed by atoms with van der Waals surface area (Å²) in [5.41, 5.74) is 0. The number of hydrogen-bond donors (Lipinski definition) is 1. The van der Waals surface area contributed by atoms with Crippen LogP contribution < -0.4 is 5.32 Å². The van der Waals surface area contributed by atoms with Crippen LogP contribution in [0.25, 0.3) is 0 Å². The number of benzene rings is 1. The van der Waals surface area contributed by atoms with E-state index in [9.17, 15) is 4.39 Å². The van der Waals surface area contributed by atoms with Crippen LogP contribution in [-0.2, 0) is 5.75 Å². The quantitative estimate of drug-likeness (QED) is 0.873. The van der Waals surface area contributed by atoms with Gasteiger partial charge in [-0.15, -0.1) is 11.8 Å². The predicted molar refractivity (Wildman–Crippen MR) is 79.5 cm³/mol. The Morgan fingerprint density at radius 1 is 1.33 bits per heavy atom. The van der Waals surface area contributed by atoms with Crippen molar-refractivity contribution in [1.29, 1.82) is 0 Å². The highest BCUT2D eigenvalue weighted by Crippen LogP contribution is 2.24. The minimum Gasteiger partial charge on any atom is -0.338 e. The summed E-state index contributed by atoms with van der Waals surface area (Å²) in [5.74, 6) is 1.69. The van der Waals surface area contributed by atoms with E-state index in [2.05, 4.69) is 15.5 Å². The van der Waals surface area contributed by atoms with Crippen molar-refractivity contribution in [2.24, 2.45) is 0 Å². The first kappa shape index (κ1) is 14.5. The Balaban J connectivity index is 1.59. The van der Waals surface area contributed by atoms with Gasteiger partial charge in [-0.3, -0.25) is 0 Å². The van der Waals surface area contributed by atoms with Gasteiger partial charge in [0.1, 0.15) is 5.82 Å². The summed E-state index contributed by atoms with van der Waals surface area (Å²) >= 11 is 1.51. The summed E-state index contributed by atoms with van der Waals surface area (Å²) in [5, 5.41) is 7.46. The third kappa shape index (κ3) is 4.04. The van der Waals surface area contributed by atoms with Gasteiger partial charge in [0.2, 0.25) is 5.89 Å². The molecular weight excluding hydrogens is 289 g/mol. The van der Waals surface area contributed by atoms with E-state index >= 15 is 0 Å². The molecule has 112 valence electrons. The average molecular weight is 307 g/mol. The number of aromatic nitrogens is 2. The van der Waals surface area contributed by atoms with E-state index in [-0.39, 0.29) is 11.9 Å². The largest absolute Gasteiger partial charge is 0.338 e. The predicted octanol–water partition coefficient (Wildman–Crippen LogP) is 3.71. The van der Waals surface area contributed by atoms with Gasteiger partial charge in [0.05, 0.1) is 11.8 Å². The molecule has 1 unspecified atom stereocenters. The van der Waals surface area contributed by atoms with Crippen molar-refractivity contribution >= 4 is 11.8 Å². The second-order valence-corrected chi connectivity index (χ2v) is 6.20. The van der Waals surface area contributed by atoms with E-state index in [0.29, 0.717) is 17.5 Å². The lowest BCUT2D eigenvalue weighted by atomic mass is 10.1. The van der Waals surface area contributed by atoms with Gasteiger partial charge in [-0.05, 0) is 37.6 Å². The normalized spacial score (nSPS) is 19.4. The molecule has 1 aromatic heterocycles. The lowest BCUT2D eigenvalue weighted by Crippen LogP contribution is -2.20. The van der Waals surface area contributed by atoms with Crippen LogP contribution in [0.5, 0.6) is 0 Å². The number of rotatable bonds is 4. The fourth-order valence-corrected chi connectivity index (χ4v) is 3.20. The third-order valence-electron chi connectivity index (χ3n) is 3.51. The molecule has 0 spiro atoms. The zero-order chi connectivity index (χ0) is 14.5. The van der Waals surface area contributed by atoms with Gasteiger partial charge in [-0.1, -0.05) is 24.1 Å². The average Bonchev–Trinajstić information content (AvgIpc) is 2.79. The van der Waals surface area contributed by atoms with Crippen molar-refractivity contribution in [1.82, 2.24) is 15.5 Å². The molecule has 1 saturated heterocycles. The number of thioether (sulfide) groups is 1. The molecule has 2 aromatic rings. The summed E-state index contributed by atoms with van der Waals surface area (Å²) in [7, 11) is 0. The molecule has 21 heavy (non-hydrogen) atoms. The highest BCUT2D eigenvalue weighted by atomic mass is 32.2. The van der Waals surface area contributed by atoms with E-state index in [0.717, 1.165) is 17.9 Å². The Kier molecular flexibility index (Phi) is 4.87. The molecule has 3 rings (SSSR count). The van der Waals surface area contributed by atoms with Crippen molar-refractivity contribution in [3.8, 4) is 0 Å². The molecule has 0 bridgehead atoms. The van der Waals surface area contributed by atoms with Gasteiger partial charge in [-0.25, -0.2) is 4.39 Å². The standard InChI is InChI=1S/C15H18FN3OS/c16-11-5-4-6-12(9-11)21-10-14-18-15(20-19-14)13-7-2-1-3-8-17-13/h4-6,9,13,17H,1-3,7-8,10H2. The SMILES string of the molecule is Fc1cccc(SCc2noc(C3CCCCCN3)n2)c1. The topological polar surface area (TPSA) is 51.0 Å². The van der Waals surface area contributed by atoms with Gasteiger partial charge in [0.25, 0.3) is 0 Å². The molecule has 1 aromatic carbocycles. The minimum atomic E-state index is -0.226. The summed E-state index contributed by atoms with van der Waals surface area (Å²) in [6.07, 6.45) is 4.68. The Bertz CT molecular complexity index is 582. The molecule has 1 aliphatic rings. The van der Waals surface area contributed by atoms with Gasteiger partial charge in [0.15, 0.2) is 5.82 Å². The fraction of sp³-hybridized carbons (Fsp3) is 0.467. The van der Waals surface area contributed by atoms with Gasteiger partial charge < -0.3 is 9.84 Å². The first-order valence-corrected chi connectivity index (χ1v) is 8.24. The maximum atomic E-state index is 13.1. The smallest absolute Gasteiger partial charge is 0.243 e. The van der Waals surface area contributed by atoms with Crippen LogP contribution in [0, 0.1) is 5.82 Å². The molecule has 1 fully saturated rings. The molecule has 0 radical (unpaired) electrons. The van der Waals surface area contributed by atoms with E-state index in [1.54, 1.807) is 6.07 Å². The van der Waals surface area contributed by atoms with E-state index in [4.69, 9.17) is 4.52 Å². The van der Waals surface area contributed by atoms with E-state index in [1.165, 1.54) is 43.2 Å². The summed E-state index contributed by atoms with van der Waals surface area (Å²) < 4.78 is 18.5. The monoisotopic (exact) mass is 307 g/mol. The minimum absolute atomic E-state index is 0.174. The van der Waals surface area contributed by atoms with E-state index < -0.39 is 0 Å². The summed E-state index contributed by atoms with van der Waals surface area (Å²) in [6, 6.07) is 6.70. The first-order valence-electron chi connectivity index (χ1n) is 7.25. The second kappa shape index (κ2) is 7.04. The Hall–Kier alpha value is -1.40. The van der Waals surface area contributed by atoms with Crippen LogP contribution in [0.2, 0.25) is 0 Å². The van der Waals surface area contributed by atoms with E-state index in [1.807, 2.05) is 6.07 Å². The molecular formula is C15H18FN3OS. The number of halogens is 1. The molecule has 1 aliphatic heterocycles. The summed E-state index contributed by atoms with van der Waals surface area (Å²) in [6.45, 7) is 1.00. The molecule has 2 heterocycles. The fourth-order valence-electron chi connectivity index (χ4n) is 2.41. The first-order chi connectivity index (χ1) is 10.3. The van der Waals surface area contributed by atoms with Gasteiger partial charge in [-0.2, -0.15) is 4.98 Å². The molecule has 0 saturated carbocycles. The van der Waals surface area contributed by atoms with Crippen molar-refractivity contribution < 1.29 is 8.91 Å². The van der Waals surface area contributed by atoms with Gasteiger partial charge >= 0.3 is 0 Å². The number of hydrogen-bond acceptors (Lipinski definition) is 5. The van der Waals surface area contributed by atoms with Gasteiger partial charge in [0, 0.05) is 4.90 Å². The number of nitrogens with zero attached hydrogens (tertiary/aromatic N) is 2. The van der Waals surface area contributed by atoms with Crippen molar-refractivity contribution in [2.75, 3.05) is 6.54 Å². The maximum absolute atomic E-state index is 13.1. The van der Waals surface area contributed by atoms with Crippen molar-refractivity contribution in [3.05, 3.63) is 41.8 Å². The molecule has 0 aliphatic carbocycles. The lowest BCUT2D eigenvalue weighted by molar-refractivity contribution is 0.325. The number of nitrogens with one attached hydrogen (secondary N) is 1. The molecule has 1 N–H and O–H groups in total. The Morgan fingerprint density at radius 2 is 2.29 bits per heavy atom. The zero-order valence-electron chi connectivity index (χ0n) is 11.7. The molecule has 1 atom stereocenters. The van der Waals surface area contributed by atoms with Crippen LogP contribution in [0.15, 0.2) is 33.7 Å². The van der Waals surface area contributed by atoms with Crippen LogP contribution in [0.3, 0.4) is 0 Å². The third-order valence-corrected chi connectivity index (χ3v) is 4.50. The highest BCUT2D eigenvalue weighted by Gasteiger charge is 2.19. The second-order valence-electron chi connectivity index (χ2n) is 5.15. The maximum Gasteiger partial charge on any atom is 0.243 e. The Morgan fingerprint density at radius 3 is 3.19 bits per heavy atom. The molecule has 0 amide bonds. The Labute approximate surface area is 127 Å². The van der Waals surface area contributed by atoms with Crippen LogP contribution >= 0.6 is 11.8 Å². The zero-order valence-corrected chi connectivity index (χ0v) is 12.5. The molecule has 4 nitrogen and oxygen atoms in total. The van der Waals surface area contributed by atoms with Crippen LogP contribution in [0.4, 0.5) is 4.39 Å². The van der Waals surface area contributed by atoms with Crippen molar-refractivity contribution in [2.45, 2.75) is 42.4 Å². The lowest BCUT2D eigenvalue weighted by Gasteiger charge is -2.09. The van der Waals surface area contributed by atoms with Crippen molar-refractivity contribution in [3.63, 3.8) is 0 Å².